The molecule has 0 saturated carbocycles. The minimum Gasteiger partial charge on any atom is -0.490 e. The predicted octanol–water partition coefficient (Wildman–Crippen LogP) is 6.73. The van der Waals surface area contributed by atoms with Crippen molar-refractivity contribution in [2.24, 2.45) is 0 Å². The molecule has 0 aliphatic carbocycles. The van der Waals surface area contributed by atoms with Crippen LogP contribution in [-0.4, -0.2) is 12.5 Å². The van der Waals surface area contributed by atoms with Crippen molar-refractivity contribution in [3.05, 3.63) is 92.7 Å². The standard InChI is InChI=1S/C27H24BrFN2O3/c1-4-33-25-13-20(23(28)14-26(25)34-16-19-6-8-22(29)9-7-19)12-21(15-30)27(32)31-24-10-5-17(2)11-18(24)3/h5-14H,4,16H2,1-3H3,(H,31,32)/b21-12+. The van der Waals surface area contributed by atoms with Gasteiger partial charge in [-0.1, -0.05) is 45.8 Å². The van der Waals surface area contributed by atoms with Crippen LogP contribution in [0, 0.1) is 31.0 Å². The zero-order valence-corrected chi connectivity index (χ0v) is 20.7. The fourth-order valence-corrected chi connectivity index (χ4v) is 3.67. The highest BCUT2D eigenvalue weighted by atomic mass is 79.9. The molecular formula is C27H24BrFN2O3. The Bertz CT molecular complexity index is 1260. The van der Waals surface area contributed by atoms with Crippen molar-refractivity contribution >= 4 is 33.6 Å². The summed E-state index contributed by atoms with van der Waals surface area (Å²) < 4.78 is 25.4. The number of halogens is 2. The summed E-state index contributed by atoms with van der Waals surface area (Å²) >= 11 is 3.49. The topological polar surface area (TPSA) is 71.3 Å². The molecule has 34 heavy (non-hydrogen) atoms. The average Bonchev–Trinajstić information content (AvgIpc) is 2.81. The van der Waals surface area contributed by atoms with Crippen LogP contribution in [0.25, 0.3) is 6.08 Å². The highest BCUT2D eigenvalue weighted by Crippen LogP contribution is 2.35. The maximum absolute atomic E-state index is 13.1. The van der Waals surface area contributed by atoms with Crippen molar-refractivity contribution in [1.82, 2.24) is 0 Å². The van der Waals surface area contributed by atoms with Gasteiger partial charge in [0, 0.05) is 10.2 Å². The van der Waals surface area contributed by atoms with E-state index in [1.807, 2.05) is 45.0 Å². The van der Waals surface area contributed by atoms with E-state index in [0.29, 0.717) is 33.8 Å². The molecule has 0 unspecified atom stereocenters. The number of carbonyl (C=O) groups is 1. The van der Waals surface area contributed by atoms with E-state index < -0.39 is 5.91 Å². The second-order valence-corrected chi connectivity index (χ2v) is 8.47. The number of nitriles is 1. The first-order valence-electron chi connectivity index (χ1n) is 10.6. The van der Waals surface area contributed by atoms with Gasteiger partial charge < -0.3 is 14.8 Å². The normalized spacial score (nSPS) is 11.0. The summed E-state index contributed by atoms with van der Waals surface area (Å²) in [4.78, 5) is 12.8. The molecule has 0 radical (unpaired) electrons. The molecule has 5 nitrogen and oxygen atoms in total. The first kappa shape index (κ1) is 25.0. The van der Waals surface area contributed by atoms with Crippen LogP contribution in [0.4, 0.5) is 10.1 Å². The third-order valence-corrected chi connectivity index (χ3v) is 5.65. The summed E-state index contributed by atoms with van der Waals surface area (Å²) in [5.41, 5.74) is 3.98. The number of aryl methyl sites for hydroxylation is 2. The molecule has 0 fully saturated rings. The molecule has 7 heteroatoms. The molecule has 0 aliphatic heterocycles. The van der Waals surface area contributed by atoms with E-state index in [1.54, 1.807) is 24.3 Å². The van der Waals surface area contributed by atoms with Gasteiger partial charge in [-0.25, -0.2) is 4.39 Å². The van der Waals surface area contributed by atoms with Crippen LogP contribution in [0.2, 0.25) is 0 Å². The fourth-order valence-electron chi connectivity index (χ4n) is 3.23. The number of benzene rings is 3. The summed E-state index contributed by atoms with van der Waals surface area (Å²) in [5.74, 6) is 0.128. The summed E-state index contributed by atoms with van der Waals surface area (Å²) in [5, 5.41) is 12.4. The Morgan fingerprint density at radius 1 is 1.09 bits per heavy atom. The van der Waals surface area contributed by atoms with Gasteiger partial charge in [-0.2, -0.15) is 5.26 Å². The zero-order valence-electron chi connectivity index (χ0n) is 19.1. The maximum Gasteiger partial charge on any atom is 0.266 e. The van der Waals surface area contributed by atoms with Crippen LogP contribution in [0.5, 0.6) is 11.5 Å². The molecule has 174 valence electrons. The van der Waals surface area contributed by atoms with Gasteiger partial charge in [0.25, 0.3) is 5.91 Å². The average molecular weight is 523 g/mol. The molecule has 0 saturated heterocycles. The maximum atomic E-state index is 13.1. The quantitative estimate of drug-likeness (QED) is 0.263. The van der Waals surface area contributed by atoms with Gasteiger partial charge in [-0.3, -0.25) is 4.79 Å². The number of carbonyl (C=O) groups excluding carboxylic acids is 1. The summed E-state index contributed by atoms with van der Waals surface area (Å²) in [6, 6.07) is 17.1. The number of nitrogens with one attached hydrogen (secondary N) is 1. The van der Waals surface area contributed by atoms with Crippen molar-refractivity contribution in [1.29, 1.82) is 5.26 Å². The van der Waals surface area contributed by atoms with E-state index in [1.165, 1.54) is 18.2 Å². The lowest BCUT2D eigenvalue weighted by molar-refractivity contribution is -0.112. The van der Waals surface area contributed by atoms with Gasteiger partial charge in [0.15, 0.2) is 11.5 Å². The van der Waals surface area contributed by atoms with Crippen LogP contribution >= 0.6 is 15.9 Å². The number of hydrogen-bond acceptors (Lipinski definition) is 4. The molecule has 0 bridgehead atoms. The molecule has 3 aromatic carbocycles. The highest BCUT2D eigenvalue weighted by molar-refractivity contribution is 9.10. The molecule has 1 amide bonds. The van der Waals surface area contributed by atoms with E-state index in [-0.39, 0.29) is 18.0 Å². The molecule has 0 atom stereocenters. The van der Waals surface area contributed by atoms with E-state index >= 15 is 0 Å². The molecule has 0 aromatic heterocycles. The lowest BCUT2D eigenvalue weighted by Crippen LogP contribution is -2.14. The van der Waals surface area contributed by atoms with Gasteiger partial charge >= 0.3 is 0 Å². The van der Waals surface area contributed by atoms with E-state index in [9.17, 15) is 14.4 Å². The smallest absolute Gasteiger partial charge is 0.266 e. The first-order chi connectivity index (χ1) is 16.3. The van der Waals surface area contributed by atoms with E-state index in [4.69, 9.17) is 9.47 Å². The molecule has 0 heterocycles. The number of nitrogens with zero attached hydrogens (tertiary/aromatic N) is 1. The summed E-state index contributed by atoms with van der Waals surface area (Å²) in [7, 11) is 0. The minimum atomic E-state index is -0.504. The highest BCUT2D eigenvalue weighted by Gasteiger charge is 2.15. The van der Waals surface area contributed by atoms with Crippen LogP contribution in [-0.2, 0) is 11.4 Å². The largest absolute Gasteiger partial charge is 0.490 e. The first-order valence-corrected chi connectivity index (χ1v) is 11.4. The predicted molar refractivity (Wildman–Crippen MR) is 134 cm³/mol. The Morgan fingerprint density at radius 2 is 1.79 bits per heavy atom. The number of anilines is 1. The SMILES string of the molecule is CCOc1cc(/C=C(\C#N)C(=O)Nc2ccc(C)cc2C)c(Br)cc1OCc1ccc(F)cc1. The van der Waals surface area contributed by atoms with Crippen LogP contribution in [0.1, 0.15) is 29.2 Å². The van der Waals surface area contributed by atoms with Crippen LogP contribution in [0.15, 0.2) is 64.6 Å². The number of rotatable bonds is 8. The lowest BCUT2D eigenvalue weighted by Gasteiger charge is -2.14. The van der Waals surface area contributed by atoms with Crippen molar-refractivity contribution < 1.29 is 18.7 Å². The number of hydrogen-bond donors (Lipinski definition) is 1. The molecule has 0 spiro atoms. The molecule has 0 aliphatic rings. The van der Waals surface area contributed by atoms with Gasteiger partial charge in [-0.05, 0) is 73.9 Å². The lowest BCUT2D eigenvalue weighted by atomic mass is 10.1. The Kier molecular flexibility index (Phi) is 8.44. The van der Waals surface area contributed by atoms with Gasteiger partial charge in [0.05, 0.1) is 6.61 Å². The zero-order chi connectivity index (χ0) is 24.7. The van der Waals surface area contributed by atoms with Gasteiger partial charge in [0.2, 0.25) is 0 Å². The van der Waals surface area contributed by atoms with Gasteiger partial charge in [0.1, 0.15) is 24.1 Å². The molecule has 1 N–H and O–H groups in total. The fraction of sp³-hybridized carbons (Fsp3) is 0.185. The molecule has 3 rings (SSSR count). The summed E-state index contributed by atoms with van der Waals surface area (Å²) in [6.45, 7) is 6.34. The third-order valence-electron chi connectivity index (χ3n) is 4.97. The molecular weight excluding hydrogens is 499 g/mol. The van der Waals surface area contributed by atoms with E-state index in [0.717, 1.165) is 16.7 Å². The Hall–Kier alpha value is -3.63. The third kappa shape index (κ3) is 6.46. The monoisotopic (exact) mass is 522 g/mol. The van der Waals surface area contributed by atoms with E-state index in [2.05, 4.69) is 21.2 Å². The Morgan fingerprint density at radius 3 is 2.44 bits per heavy atom. The van der Waals surface area contributed by atoms with Crippen molar-refractivity contribution in [3.63, 3.8) is 0 Å². The number of ether oxygens (including phenoxy) is 2. The van der Waals surface area contributed by atoms with Crippen LogP contribution < -0.4 is 14.8 Å². The number of amides is 1. The Labute approximate surface area is 207 Å². The molecule has 3 aromatic rings. The van der Waals surface area contributed by atoms with Crippen LogP contribution in [0.3, 0.4) is 0 Å². The van der Waals surface area contributed by atoms with Gasteiger partial charge in [-0.15, -0.1) is 0 Å². The van der Waals surface area contributed by atoms with Crippen molar-refractivity contribution in [2.45, 2.75) is 27.4 Å². The Balaban J connectivity index is 1.85. The second-order valence-electron chi connectivity index (χ2n) is 7.61. The minimum absolute atomic E-state index is 0.0527. The second kappa shape index (κ2) is 11.5. The summed E-state index contributed by atoms with van der Waals surface area (Å²) in [6.07, 6.45) is 1.50. The van der Waals surface area contributed by atoms with Crippen molar-refractivity contribution in [3.8, 4) is 17.6 Å². The van der Waals surface area contributed by atoms with Crippen molar-refractivity contribution in [2.75, 3.05) is 11.9 Å².